The quantitative estimate of drug-likeness (QED) is 0.918. The molecular weight excluding hydrogens is 270 g/mol. The summed E-state index contributed by atoms with van der Waals surface area (Å²) in [6, 6.07) is 1.93. The van der Waals surface area contributed by atoms with Crippen molar-refractivity contribution in [3.05, 3.63) is 22.7 Å². The minimum Gasteiger partial charge on any atom is -0.397 e. The lowest BCUT2D eigenvalue weighted by Gasteiger charge is -2.20. The van der Waals surface area contributed by atoms with Crippen LogP contribution in [0.25, 0.3) is 10.2 Å². The van der Waals surface area contributed by atoms with Crippen molar-refractivity contribution < 1.29 is 4.79 Å². The van der Waals surface area contributed by atoms with Crippen LogP contribution >= 0.6 is 11.3 Å². The molecule has 0 radical (unpaired) electrons. The summed E-state index contributed by atoms with van der Waals surface area (Å²) < 4.78 is 0. The summed E-state index contributed by atoms with van der Waals surface area (Å²) in [6.07, 6.45) is 3.67. The molecule has 5 heteroatoms. The van der Waals surface area contributed by atoms with Gasteiger partial charge >= 0.3 is 0 Å². The Bertz CT molecular complexity index is 615. The molecule has 4 nitrogen and oxygen atoms in total. The van der Waals surface area contributed by atoms with Gasteiger partial charge in [-0.1, -0.05) is 13.8 Å². The second-order valence-corrected chi connectivity index (χ2v) is 5.94. The molecule has 0 spiro atoms. The molecule has 2 heterocycles. The Morgan fingerprint density at radius 3 is 2.55 bits per heavy atom. The molecule has 108 valence electrons. The maximum absolute atomic E-state index is 12.7. The van der Waals surface area contributed by atoms with Crippen LogP contribution in [-0.2, 0) is 0 Å². The number of hydrogen-bond donors (Lipinski definition) is 1. The monoisotopic (exact) mass is 291 g/mol. The molecule has 0 fully saturated rings. The van der Waals surface area contributed by atoms with E-state index in [9.17, 15) is 4.79 Å². The van der Waals surface area contributed by atoms with Crippen molar-refractivity contribution in [3.8, 4) is 0 Å². The predicted octanol–water partition coefficient (Wildman–Crippen LogP) is 3.45. The summed E-state index contributed by atoms with van der Waals surface area (Å²) in [6.45, 7) is 7.70. The highest BCUT2D eigenvalue weighted by Gasteiger charge is 2.22. The van der Waals surface area contributed by atoms with Gasteiger partial charge in [0, 0.05) is 24.7 Å². The zero-order chi connectivity index (χ0) is 14.7. The zero-order valence-corrected chi connectivity index (χ0v) is 13.1. The van der Waals surface area contributed by atoms with Gasteiger partial charge in [-0.15, -0.1) is 11.3 Å². The number of thiophene rings is 1. The van der Waals surface area contributed by atoms with Crippen LogP contribution < -0.4 is 5.73 Å². The van der Waals surface area contributed by atoms with E-state index in [4.69, 9.17) is 5.73 Å². The summed E-state index contributed by atoms with van der Waals surface area (Å²) in [7, 11) is 0. The number of hydrogen-bond acceptors (Lipinski definition) is 4. The fourth-order valence-electron chi connectivity index (χ4n) is 2.36. The molecule has 0 saturated heterocycles. The number of nitrogens with zero attached hydrogens (tertiary/aromatic N) is 2. The second kappa shape index (κ2) is 6.22. The highest BCUT2D eigenvalue weighted by molar-refractivity contribution is 7.21. The molecule has 2 rings (SSSR count). The van der Waals surface area contributed by atoms with Gasteiger partial charge in [-0.2, -0.15) is 0 Å². The third-order valence-corrected chi connectivity index (χ3v) is 4.41. The highest BCUT2D eigenvalue weighted by atomic mass is 32.1. The van der Waals surface area contributed by atoms with Gasteiger partial charge in [0.05, 0.1) is 5.69 Å². The summed E-state index contributed by atoms with van der Waals surface area (Å²) in [5.74, 6) is 0.0357. The molecule has 2 aromatic rings. The van der Waals surface area contributed by atoms with Crippen LogP contribution in [0, 0.1) is 6.92 Å². The van der Waals surface area contributed by atoms with E-state index in [1.165, 1.54) is 11.3 Å². The fourth-order valence-corrected chi connectivity index (χ4v) is 3.47. The predicted molar refractivity (Wildman–Crippen MR) is 85.3 cm³/mol. The van der Waals surface area contributed by atoms with Crippen molar-refractivity contribution >= 4 is 33.1 Å². The summed E-state index contributed by atoms with van der Waals surface area (Å²) in [4.78, 5) is 20.3. The number of carbonyl (C=O) groups excluding carboxylic acids is 1. The van der Waals surface area contributed by atoms with E-state index >= 15 is 0 Å². The van der Waals surface area contributed by atoms with Crippen LogP contribution in [0.2, 0.25) is 0 Å². The van der Waals surface area contributed by atoms with Gasteiger partial charge < -0.3 is 10.6 Å². The minimum atomic E-state index is 0.0357. The lowest BCUT2D eigenvalue weighted by Crippen LogP contribution is -2.32. The molecule has 0 bridgehead atoms. The summed E-state index contributed by atoms with van der Waals surface area (Å²) in [5, 5.41) is 0.925. The van der Waals surface area contributed by atoms with Crippen molar-refractivity contribution in [1.82, 2.24) is 9.88 Å². The van der Waals surface area contributed by atoms with E-state index in [2.05, 4.69) is 18.8 Å². The Kier molecular flexibility index (Phi) is 4.60. The Balaban J connectivity index is 2.44. The molecule has 20 heavy (non-hydrogen) atoms. The van der Waals surface area contributed by atoms with Gasteiger partial charge in [-0.3, -0.25) is 4.79 Å². The van der Waals surface area contributed by atoms with Crippen molar-refractivity contribution in [3.63, 3.8) is 0 Å². The van der Waals surface area contributed by atoms with Gasteiger partial charge in [-0.05, 0) is 31.4 Å². The number of carbonyl (C=O) groups is 1. The number of fused-ring (bicyclic) bond motifs is 1. The number of rotatable bonds is 5. The third kappa shape index (κ3) is 2.63. The molecule has 2 N–H and O–H groups in total. The van der Waals surface area contributed by atoms with Crippen LogP contribution in [0.3, 0.4) is 0 Å². The number of amides is 1. The molecule has 0 unspecified atom stereocenters. The molecule has 0 aliphatic rings. The van der Waals surface area contributed by atoms with E-state index in [1.54, 1.807) is 6.20 Å². The third-order valence-electron chi connectivity index (χ3n) is 3.31. The molecule has 0 aliphatic carbocycles. The van der Waals surface area contributed by atoms with Crippen LogP contribution in [0.5, 0.6) is 0 Å². The van der Waals surface area contributed by atoms with Crippen LogP contribution in [-0.4, -0.2) is 28.9 Å². The topological polar surface area (TPSA) is 59.2 Å². The molecular formula is C15H21N3OS. The van der Waals surface area contributed by atoms with Crippen LogP contribution in [0.15, 0.2) is 12.3 Å². The first kappa shape index (κ1) is 14.8. The van der Waals surface area contributed by atoms with E-state index in [0.29, 0.717) is 10.6 Å². The van der Waals surface area contributed by atoms with Gasteiger partial charge in [-0.25, -0.2) is 4.98 Å². The van der Waals surface area contributed by atoms with Crippen molar-refractivity contribution in [1.29, 1.82) is 0 Å². The van der Waals surface area contributed by atoms with E-state index in [0.717, 1.165) is 41.7 Å². The largest absolute Gasteiger partial charge is 0.397 e. The minimum absolute atomic E-state index is 0.0357. The number of anilines is 1. The molecule has 0 atom stereocenters. The van der Waals surface area contributed by atoms with Gasteiger partial charge in [0.25, 0.3) is 5.91 Å². The lowest BCUT2D eigenvalue weighted by atomic mass is 10.1. The van der Waals surface area contributed by atoms with E-state index < -0.39 is 0 Å². The Labute approximate surface area is 123 Å². The van der Waals surface area contributed by atoms with Gasteiger partial charge in [0.15, 0.2) is 0 Å². The van der Waals surface area contributed by atoms with E-state index in [-0.39, 0.29) is 5.91 Å². The van der Waals surface area contributed by atoms with Crippen molar-refractivity contribution in [2.75, 3.05) is 18.8 Å². The highest BCUT2D eigenvalue weighted by Crippen LogP contribution is 2.35. The maximum Gasteiger partial charge on any atom is 0.266 e. The Morgan fingerprint density at radius 1 is 1.35 bits per heavy atom. The average molecular weight is 291 g/mol. The molecule has 2 aromatic heterocycles. The van der Waals surface area contributed by atoms with Crippen molar-refractivity contribution in [2.24, 2.45) is 0 Å². The van der Waals surface area contributed by atoms with Crippen molar-refractivity contribution in [2.45, 2.75) is 33.6 Å². The standard InChI is InChI=1S/C15H21N3OS/c1-4-8-18(9-5-2)15(19)13-12(16)11-10(3)6-7-17-14(11)20-13/h6-7H,4-5,8-9,16H2,1-3H3. The normalized spacial score (nSPS) is 10.9. The second-order valence-electron chi connectivity index (χ2n) is 4.95. The van der Waals surface area contributed by atoms with Crippen LogP contribution in [0.1, 0.15) is 41.9 Å². The number of nitrogens with two attached hydrogens (primary N) is 1. The van der Waals surface area contributed by atoms with Gasteiger partial charge in [0.1, 0.15) is 9.71 Å². The Morgan fingerprint density at radius 2 is 2.00 bits per heavy atom. The van der Waals surface area contributed by atoms with Gasteiger partial charge in [0.2, 0.25) is 0 Å². The molecule has 0 saturated carbocycles. The van der Waals surface area contributed by atoms with Crippen LogP contribution in [0.4, 0.5) is 5.69 Å². The molecule has 0 aromatic carbocycles. The average Bonchev–Trinajstić information content (AvgIpc) is 2.76. The maximum atomic E-state index is 12.7. The fraction of sp³-hybridized carbons (Fsp3) is 0.467. The first-order valence-electron chi connectivity index (χ1n) is 7.03. The first-order valence-corrected chi connectivity index (χ1v) is 7.84. The lowest BCUT2D eigenvalue weighted by molar-refractivity contribution is 0.0761. The van der Waals surface area contributed by atoms with E-state index in [1.807, 2.05) is 17.9 Å². The first-order chi connectivity index (χ1) is 9.60. The zero-order valence-electron chi connectivity index (χ0n) is 12.3. The summed E-state index contributed by atoms with van der Waals surface area (Å²) >= 11 is 1.40. The number of pyridine rings is 1. The SMILES string of the molecule is CCCN(CCC)C(=O)c1sc2nccc(C)c2c1N. The molecule has 0 aliphatic heterocycles. The molecule has 1 amide bonds. The Hall–Kier alpha value is -1.62. The number of aromatic nitrogens is 1. The smallest absolute Gasteiger partial charge is 0.266 e. The summed E-state index contributed by atoms with van der Waals surface area (Å²) in [5.41, 5.74) is 7.84. The number of aryl methyl sites for hydroxylation is 1. The number of nitrogen functional groups attached to an aromatic ring is 1.